The van der Waals surface area contributed by atoms with Gasteiger partial charge < -0.3 is 15.0 Å². The number of nitrogens with zero attached hydrogens (tertiary/aromatic N) is 3. The zero-order valence-corrected chi connectivity index (χ0v) is 18.0. The minimum absolute atomic E-state index is 0.0316. The maximum atomic E-state index is 13.2. The fraction of sp³-hybridized carbons (Fsp3) is 0.636. The van der Waals surface area contributed by atoms with E-state index in [0.717, 1.165) is 31.7 Å². The number of carbonyl (C=O) groups excluding carboxylic acids is 2. The fourth-order valence-corrected chi connectivity index (χ4v) is 3.94. The maximum absolute atomic E-state index is 13.2. The zero-order chi connectivity index (χ0) is 21.5. The fourth-order valence-electron chi connectivity index (χ4n) is 3.94. The topological polar surface area (TPSA) is 65.1 Å². The monoisotopic (exact) mass is 420 g/mol. The zero-order valence-electron chi connectivity index (χ0n) is 18.0. The van der Waals surface area contributed by atoms with Gasteiger partial charge in [0, 0.05) is 39.3 Å². The van der Waals surface area contributed by atoms with E-state index >= 15 is 0 Å². The molecule has 2 fully saturated rings. The first-order chi connectivity index (χ1) is 14.4. The van der Waals surface area contributed by atoms with Gasteiger partial charge in [-0.25, -0.2) is 4.39 Å². The molecule has 2 aliphatic heterocycles. The lowest BCUT2D eigenvalue weighted by Crippen LogP contribution is -2.53. The molecule has 0 aliphatic carbocycles. The largest absolute Gasteiger partial charge is 0.378 e. The summed E-state index contributed by atoms with van der Waals surface area (Å²) in [6.07, 6.45) is 0. The minimum Gasteiger partial charge on any atom is -0.378 e. The highest BCUT2D eigenvalue weighted by atomic mass is 19.1. The third-order valence-electron chi connectivity index (χ3n) is 5.77. The van der Waals surface area contributed by atoms with E-state index in [1.807, 2.05) is 18.7 Å². The van der Waals surface area contributed by atoms with Gasteiger partial charge in [0.1, 0.15) is 5.82 Å². The molecule has 30 heavy (non-hydrogen) atoms. The van der Waals surface area contributed by atoms with Crippen LogP contribution in [0.25, 0.3) is 0 Å². The Morgan fingerprint density at radius 1 is 0.967 bits per heavy atom. The number of rotatable bonds is 7. The highest BCUT2D eigenvalue weighted by Crippen LogP contribution is 2.22. The van der Waals surface area contributed by atoms with Gasteiger partial charge in [-0.1, -0.05) is 26.0 Å². The third kappa shape index (κ3) is 6.48. The van der Waals surface area contributed by atoms with E-state index in [2.05, 4.69) is 15.1 Å². The molecule has 8 heteroatoms. The van der Waals surface area contributed by atoms with E-state index in [1.54, 1.807) is 12.1 Å². The Balaban J connectivity index is 1.42. The van der Waals surface area contributed by atoms with E-state index < -0.39 is 0 Å². The van der Waals surface area contributed by atoms with Gasteiger partial charge in [0.2, 0.25) is 11.8 Å². The molecule has 2 amide bonds. The molecule has 3 rings (SSSR count). The Morgan fingerprint density at radius 3 is 2.10 bits per heavy atom. The van der Waals surface area contributed by atoms with Crippen molar-refractivity contribution in [2.24, 2.45) is 5.92 Å². The van der Waals surface area contributed by atoms with Gasteiger partial charge in [0.25, 0.3) is 0 Å². The number of hydrogen-bond acceptors (Lipinski definition) is 5. The number of amides is 2. The third-order valence-corrected chi connectivity index (χ3v) is 5.77. The van der Waals surface area contributed by atoms with E-state index in [1.165, 1.54) is 12.1 Å². The van der Waals surface area contributed by atoms with E-state index in [4.69, 9.17) is 4.74 Å². The molecule has 2 heterocycles. The molecular formula is C22H33FN4O3. The number of carbonyl (C=O) groups is 2. The number of benzene rings is 1. The molecule has 166 valence electrons. The molecule has 1 atom stereocenters. The van der Waals surface area contributed by atoms with Crippen molar-refractivity contribution in [3.63, 3.8) is 0 Å². The summed E-state index contributed by atoms with van der Waals surface area (Å²) < 4.78 is 18.5. The average molecular weight is 421 g/mol. The lowest BCUT2D eigenvalue weighted by atomic mass is 9.96. The summed E-state index contributed by atoms with van der Waals surface area (Å²) in [5, 5.41) is 3.10. The van der Waals surface area contributed by atoms with Gasteiger partial charge in [-0.05, 0) is 23.6 Å². The predicted octanol–water partition coefficient (Wildman–Crippen LogP) is 1.12. The smallest absolute Gasteiger partial charge is 0.236 e. The van der Waals surface area contributed by atoms with Crippen molar-refractivity contribution < 1.29 is 18.7 Å². The molecule has 0 saturated carbocycles. The summed E-state index contributed by atoms with van der Waals surface area (Å²) in [6, 6.07) is 6.16. The van der Waals surface area contributed by atoms with Gasteiger partial charge in [-0.3, -0.25) is 19.4 Å². The quantitative estimate of drug-likeness (QED) is 0.716. The van der Waals surface area contributed by atoms with Crippen LogP contribution in [0.3, 0.4) is 0 Å². The summed E-state index contributed by atoms with van der Waals surface area (Å²) in [7, 11) is 0. The van der Waals surface area contributed by atoms with E-state index in [0.29, 0.717) is 39.4 Å². The Labute approximate surface area is 178 Å². The van der Waals surface area contributed by atoms with Crippen molar-refractivity contribution in [2.45, 2.75) is 19.9 Å². The molecule has 0 spiro atoms. The average Bonchev–Trinajstić information content (AvgIpc) is 2.74. The van der Waals surface area contributed by atoms with Crippen LogP contribution in [0.5, 0.6) is 0 Å². The van der Waals surface area contributed by atoms with Crippen LogP contribution in [0.4, 0.5) is 4.39 Å². The van der Waals surface area contributed by atoms with Gasteiger partial charge in [-0.15, -0.1) is 0 Å². The number of ether oxygens (including phenoxy) is 1. The second-order valence-corrected chi connectivity index (χ2v) is 8.39. The molecule has 1 aromatic rings. The molecule has 1 aromatic carbocycles. The molecule has 2 aliphatic rings. The van der Waals surface area contributed by atoms with E-state index in [9.17, 15) is 14.0 Å². The summed E-state index contributed by atoms with van der Waals surface area (Å²) >= 11 is 0. The first kappa shape index (κ1) is 22.7. The van der Waals surface area contributed by atoms with Gasteiger partial charge >= 0.3 is 0 Å². The molecule has 2 saturated heterocycles. The molecular weight excluding hydrogens is 387 g/mol. The molecule has 1 unspecified atom stereocenters. The lowest BCUT2D eigenvalue weighted by molar-refractivity contribution is -0.137. The van der Waals surface area contributed by atoms with Crippen molar-refractivity contribution in [3.8, 4) is 0 Å². The van der Waals surface area contributed by atoms with Crippen LogP contribution in [0.15, 0.2) is 24.3 Å². The minimum atomic E-state index is -0.280. The second kappa shape index (κ2) is 10.8. The number of halogens is 1. The summed E-state index contributed by atoms with van der Waals surface area (Å²) in [5.41, 5.74) is 0.909. The number of hydrogen-bond donors (Lipinski definition) is 1. The predicted molar refractivity (Wildman–Crippen MR) is 112 cm³/mol. The Hall–Kier alpha value is -2.03. The maximum Gasteiger partial charge on any atom is 0.236 e. The first-order valence-corrected chi connectivity index (χ1v) is 10.8. The SMILES string of the molecule is CC(C)C(NC(=O)CN1CCN(CC(=O)N2CCOCC2)CC1)c1ccc(F)cc1. The summed E-state index contributed by atoms with van der Waals surface area (Å²) in [4.78, 5) is 31.2. The standard InChI is InChI=1S/C22H33FN4O3/c1-17(2)22(18-3-5-19(23)6-4-18)24-20(28)15-25-7-9-26(10-8-25)16-21(29)27-11-13-30-14-12-27/h3-6,17,22H,7-16H2,1-2H3,(H,24,28). The van der Waals surface area contributed by atoms with Crippen LogP contribution >= 0.6 is 0 Å². The van der Waals surface area contributed by atoms with Crippen molar-refractivity contribution in [2.75, 3.05) is 65.6 Å². The Kier molecular flexibility index (Phi) is 8.18. The van der Waals surface area contributed by atoms with Crippen LogP contribution in [0, 0.1) is 11.7 Å². The second-order valence-electron chi connectivity index (χ2n) is 8.39. The lowest BCUT2D eigenvalue weighted by Gasteiger charge is -2.36. The molecule has 7 nitrogen and oxygen atoms in total. The molecule has 1 N–H and O–H groups in total. The number of morpholine rings is 1. The van der Waals surface area contributed by atoms with Crippen molar-refractivity contribution in [1.82, 2.24) is 20.0 Å². The Bertz CT molecular complexity index is 699. The highest BCUT2D eigenvalue weighted by Gasteiger charge is 2.25. The summed E-state index contributed by atoms with van der Waals surface area (Å²) in [6.45, 7) is 10.5. The van der Waals surface area contributed by atoms with Crippen LogP contribution in [-0.4, -0.2) is 92.1 Å². The van der Waals surface area contributed by atoms with Gasteiger partial charge in [-0.2, -0.15) is 0 Å². The first-order valence-electron chi connectivity index (χ1n) is 10.8. The van der Waals surface area contributed by atoms with Crippen LogP contribution in [0.1, 0.15) is 25.5 Å². The number of piperazine rings is 1. The summed E-state index contributed by atoms with van der Waals surface area (Å²) in [5.74, 6) is 0.0412. The van der Waals surface area contributed by atoms with Crippen LogP contribution in [0.2, 0.25) is 0 Å². The molecule has 0 aromatic heterocycles. The van der Waals surface area contributed by atoms with Crippen molar-refractivity contribution in [1.29, 1.82) is 0 Å². The highest BCUT2D eigenvalue weighted by molar-refractivity contribution is 5.79. The van der Waals surface area contributed by atoms with Gasteiger partial charge in [0.05, 0.1) is 32.3 Å². The van der Waals surface area contributed by atoms with Crippen LogP contribution in [-0.2, 0) is 14.3 Å². The van der Waals surface area contributed by atoms with E-state index in [-0.39, 0.29) is 29.6 Å². The van der Waals surface area contributed by atoms with Crippen LogP contribution < -0.4 is 5.32 Å². The van der Waals surface area contributed by atoms with Crippen molar-refractivity contribution in [3.05, 3.63) is 35.6 Å². The number of nitrogens with one attached hydrogen (secondary N) is 1. The normalized spacial score (nSPS) is 19.7. The molecule has 0 bridgehead atoms. The Morgan fingerprint density at radius 2 is 1.53 bits per heavy atom. The van der Waals surface area contributed by atoms with Crippen molar-refractivity contribution >= 4 is 11.8 Å². The molecule has 0 radical (unpaired) electrons. The van der Waals surface area contributed by atoms with Gasteiger partial charge in [0.15, 0.2) is 0 Å².